The highest BCUT2D eigenvalue weighted by molar-refractivity contribution is 7.08. The number of halogens is 1. The van der Waals surface area contributed by atoms with Crippen molar-refractivity contribution in [3.63, 3.8) is 0 Å². The molecule has 0 radical (unpaired) electrons. The van der Waals surface area contributed by atoms with Crippen LogP contribution in [0, 0.1) is 6.92 Å². The van der Waals surface area contributed by atoms with Crippen molar-refractivity contribution < 1.29 is 0 Å². The maximum absolute atomic E-state index is 6.16. The van der Waals surface area contributed by atoms with Gasteiger partial charge in [0.2, 0.25) is 0 Å². The average Bonchev–Trinajstić information content (AvgIpc) is 2.82. The summed E-state index contributed by atoms with van der Waals surface area (Å²) in [7, 11) is 0. The van der Waals surface area contributed by atoms with Gasteiger partial charge in [0.15, 0.2) is 0 Å². The van der Waals surface area contributed by atoms with Crippen molar-refractivity contribution in [1.29, 1.82) is 0 Å². The van der Waals surface area contributed by atoms with E-state index in [2.05, 4.69) is 48.1 Å². The first-order valence-corrected chi connectivity index (χ1v) is 7.55. The molecule has 0 bridgehead atoms. The summed E-state index contributed by atoms with van der Waals surface area (Å²) in [5.41, 5.74) is 3.76. The van der Waals surface area contributed by atoms with Gasteiger partial charge in [-0.05, 0) is 65.5 Å². The molecule has 0 aliphatic heterocycles. The molecule has 1 heterocycles. The zero-order valence-corrected chi connectivity index (χ0v) is 12.3. The fourth-order valence-electron chi connectivity index (χ4n) is 2.09. The van der Waals surface area contributed by atoms with E-state index in [0.717, 1.165) is 18.0 Å². The Balaban J connectivity index is 2.33. The summed E-state index contributed by atoms with van der Waals surface area (Å²) in [6.45, 7) is 5.27. The van der Waals surface area contributed by atoms with Crippen LogP contribution in [0.1, 0.15) is 36.1 Å². The highest BCUT2D eigenvalue weighted by Gasteiger charge is 2.14. The summed E-state index contributed by atoms with van der Waals surface area (Å²) in [4.78, 5) is 0. The number of rotatable bonds is 5. The van der Waals surface area contributed by atoms with E-state index >= 15 is 0 Å². The van der Waals surface area contributed by atoms with Gasteiger partial charge in [-0.3, -0.25) is 0 Å². The SMILES string of the molecule is CCCNC(c1ccsc1)c1cc(C)cc(Cl)c1. The van der Waals surface area contributed by atoms with Crippen molar-refractivity contribution >= 4 is 22.9 Å². The van der Waals surface area contributed by atoms with Gasteiger partial charge in [-0.15, -0.1) is 0 Å². The topological polar surface area (TPSA) is 12.0 Å². The van der Waals surface area contributed by atoms with Crippen LogP contribution in [-0.2, 0) is 0 Å². The Hall–Kier alpha value is -0.830. The quantitative estimate of drug-likeness (QED) is 0.829. The lowest BCUT2D eigenvalue weighted by molar-refractivity contribution is 0.600. The van der Waals surface area contributed by atoms with Gasteiger partial charge in [-0.1, -0.05) is 24.6 Å². The average molecular weight is 280 g/mol. The standard InChI is InChI=1S/C15H18ClNS/c1-3-5-17-15(12-4-6-18-10-12)13-7-11(2)8-14(16)9-13/h4,6-10,15,17H,3,5H2,1-2H3. The second kappa shape index (κ2) is 6.37. The second-order valence-electron chi connectivity index (χ2n) is 4.51. The monoisotopic (exact) mass is 279 g/mol. The number of benzene rings is 1. The summed E-state index contributed by atoms with van der Waals surface area (Å²) < 4.78 is 0. The van der Waals surface area contributed by atoms with Gasteiger partial charge in [-0.2, -0.15) is 11.3 Å². The van der Waals surface area contributed by atoms with Crippen LogP contribution < -0.4 is 5.32 Å². The molecule has 96 valence electrons. The molecule has 18 heavy (non-hydrogen) atoms. The molecule has 1 nitrogen and oxygen atoms in total. The molecule has 1 N–H and O–H groups in total. The Bertz CT molecular complexity index is 473. The van der Waals surface area contributed by atoms with E-state index in [-0.39, 0.29) is 6.04 Å². The normalized spacial score (nSPS) is 12.6. The summed E-state index contributed by atoms with van der Waals surface area (Å²) in [6, 6.07) is 8.67. The van der Waals surface area contributed by atoms with Gasteiger partial charge < -0.3 is 5.32 Å². The number of hydrogen-bond donors (Lipinski definition) is 1. The maximum atomic E-state index is 6.16. The van der Waals surface area contributed by atoms with E-state index in [0.29, 0.717) is 0 Å². The van der Waals surface area contributed by atoms with Crippen molar-refractivity contribution in [3.8, 4) is 0 Å². The van der Waals surface area contributed by atoms with Gasteiger partial charge in [0, 0.05) is 5.02 Å². The Morgan fingerprint density at radius 2 is 2.11 bits per heavy atom. The lowest BCUT2D eigenvalue weighted by Crippen LogP contribution is -2.22. The Morgan fingerprint density at radius 1 is 1.28 bits per heavy atom. The zero-order valence-electron chi connectivity index (χ0n) is 10.7. The first-order valence-electron chi connectivity index (χ1n) is 6.23. The summed E-state index contributed by atoms with van der Waals surface area (Å²) >= 11 is 7.90. The Kier molecular flexibility index (Phi) is 4.81. The van der Waals surface area contributed by atoms with Gasteiger partial charge in [0.25, 0.3) is 0 Å². The number of aryl methyl sites for hydroxylation is 1. The van der Waals surface area contributed by atoms with Crippen molar-refractivity contribution in [3.05, 3.63) is 56.7 Å². The molecule has 3 heteroatoms. The third-order valence-corrected chi connectivity index (χ3v) is 3.79. The van der Waals surface area contributed by atoms with Crippen molar-refractivity contribution in [2.45, 2.75) is 26.3 Å². The molecule has 1 unspecified atom stereocenters. The minimum absolute atomic E-state index is 0.244. The van der Waals surface area contributed by atoms with E-state index in [9.17, 15) is 0 Å². The molecule has 0 aliphatic rings. The third kappa shape index (κ3) is 3.35. The summed E-state index contributed by atoms with van der Waals surface area (Å²) in [5, 5.41) is 8.72. The predicted molar refractivity (Wildman–Crippen MR) is 80.6 cm³/mol. The molecular formula is C15H18ClNS. The van der Waals surface area contributed by atoms with Crippen LogP contribution in [0.25, 0.3) is 0 Å². The Morgan fingerprint density at radius 3 is 2.72 bits per heavy atom. The van der Waals surface area contributed by atoms with Crippen molar-refractivity contribution in [1.82, 2.24) is 5.32 Å². The highest BCUT2D eigenvalue weighted by atomic mass is 35.5. The van der Waals surface area contributed by atoms with E-state index in [4.69, 9.17) is 11.6 Å². The second-order valence-corrected chi connectivity index (χ2v) is 5.72. The summed E-state index contributed by atoms with van der Waals surface area (Å²) in [6.07, 6.45) is 1.13. The minimum Gasteiger partial charge on any atom is -0.306 e. The molecule has 0 saturated heterocycles. The predicted octanol–water partition coefficient (Wildman–Crippen LogP) is 4.80. The van der Waals surface area contributed by atoms with E-state index < -0.39 is 0 Å². The molecule has 0 saturated carbocycles. The van der Waals surface area contributed by atoms with Crippen LogP contribution >= 0.6 is 22.9 Å². The number of hydrogen-bond acceptors (Lipinski definition) is 2. The van der Waals surface area contributed by atoms with Crippen LogP contribution in [0.2, 0.25) is 5.02 Å². The van der Waals surface area contributed by atoms with Gasteiger partial charge in [-0.25, -0.2) is 0 Å². The molecule has 2 aromatic rings. The van der Waals surface area contributed by atoms with Crippen LogP contribution in [-0.4, -0.2) is 6.54 Å². The molecule has 0 aliphatic carbocycles. The molecule has 0 amide bonds. The summed E-state index contributed by atoms with van der Waals surface area (Å²) in [5.74, 6) is 0. The number of nitrogens with one attached hydrogen (secondary N) is 1. The zero-order chi connectivity index (χ0) is 13.0. The molecule has 2 rings (SSSR count). The fourth-order valence-corrected chi connectivity index (χ4v) is 3.07. The smallest absolute Gasteiger partial charge is 0.0585 e. The van der Waals surface area contributed by atoms with Gasteiger partial charge in [0.1, 0.15) is 0 Å². The van der Waals surface area contributed by atoms with E-state index in [1.165, 1.54) is 16.7 Å². The van der Waals surface area contributed by atoms with Gasteiger partial charge in [0.05, 0.1) is 6.04 Å². The maximum Gasteiger partial charge on any atom is 0.0585 e. The first-order chi connectivity index (χ1) is 8.70. The van der Waals surface area contributed by atoms with Gasteiger partial charge >= 0.3 is 0 Å². The molecule has 1 atom stereocenters. The first kappa shape index (κ1) is 13.6. The number of thiophene rings is 1. The Labute approximate surface area is 118 Å². The fraction of sp³-hybridized carbons (Fsp3) is 0.333. The van der Waals surface area contributed by atoms with E-state index in [1.807, 2.05) is 6.07 Å². The van der Waals surface area contributed by atoms with E-state index in [1.54, 1.807) is 11.3 Å². The third-order valence-electron chi connectivity index (χ3n) is 2.87. The lowest BCUT2D eigenvalue weighted by atomic mass is 9.99. The van der Waals surface area contributed by atoms with Crippen LogP contribution in [0.15, 0.2) is 35.0 Å². The van der Waals surface area contributed by atoms with Crippen molar-refractivity contribution in [2.24, 2.45) is 0 Å². The van der Waals surface area contributed by atoms with Crippen LogP contribution in [0.4, 0.5) is 0 Å². The van der Waals surface area contributed by atoms with Crippen LogP contribution in [0.3, 0.4) is 0 Å². The molecular weight excluding hydrogens is 262 g/mol. The van der Waals surface area contributed by atoms with Crippen molar-refractivity contribution in [2.75, 3.05) is 6.54 Å². The minimum atomic E-state index is 0.244. The molecule has 1 aromatic carbocycles. The molecule has 0 spiro atoms. The van der Waals surface area contributed by atoms with Crippen LogP contribution in [0.5, 0.6) is 0 Å². The molecule has 0 fully saturated rings. The lowest BCUT2D eigenvalue weighted by Gasteiger charge is -2.19. The highest BCUT2D eigenvalue weighted by Crippen LogP contribution is 2.27. The largest absolute Gasteiger partial charge is 0.306 e. The molecule has 1 aromatic heterocycles.